The maximum Gasteiger partial charge on any atom is 0.255 e. The van der Waals surface area contributed by atoms with Crippen molar-refractivity contribution in [2.75, 3.05) is 11.1 Å². The summed E-state index contributed by atoms with van der Waals surface area (Å²) in [4.78, 5) is 14.1. The van der Waals surface area contributed by atoms with E-state index in [2.05, 4.69) is 5.32 Å². The number of phenols is 1. The Bertz CT molecular complexity index is 896. The van der Waals surface area contributed by atoms with E-state index in [4.69, 9.17) is 17.3 Å². The molecule has 1 amide bonds. The number of aromatic hydroxyl groups is 1. The number of hydrogen-bond acceptors (Lipinski definition) is 4. The molecule has 4 N–H and O–H groups in total. The molecule has 0 aromatic heterocycles. The number of phenolic OH excluding ortho intramolecular Hbond substituents is 1. The molecule has 0 saturated carbocycles. The maximum atomic E-state index is 12.2. The molecule has 0 radical (unpaired) electrons. The molecule has 0 aliphatic carbocycles. The van der Waals surface area contributed by atoms with Gasteiger partial charge in [0.1, 0.15) is 5.75 Å². The normalized spacial score (nSPS) is 10.4. The average molecular weight is 371 g/mol. The molecule has 25 heavy (non-hydrogen) atoms. The molecule has 0 bridgehead atoms. The van der Waals surface area contributed by atoms with Crippen molar-refractivity contribution in [2.45, 2.75) is 9.79 Å². The van der Waals surface area contributed by atoms with Crippen LogP contribution in [0.4, 0.5) is 11.4 Å². The number of nitrogens with two attached hydrogens (primary N) is 1. The highest BCUT2D eigenvalue weighted by Crippen LogP contribution is 2.34. The summed E-state index contributed by atoms with van der Waals surface area (Å²) < 4.78 is 0. The van der Waals surface area contributed by atoms with Gasteiger partial charge in [-0.15, -0.1) is 0 Å². The Labute approximate surface area is 154 Å². The molecular formula is C19H15ClN2O2S. The highest BCUT2D eigenvalue weighted by atomic mass is 35.5. The predicted molar refractivity (Wildman–Crippen MR) is 102 cm³/mol. The van der Waals surface area contributed by atoms with Crippen molar-refractivity contribution < 1.29 is 9.90 Å². The monoisotopic (exact) mass is 370 g/mol. The lowest BCUT2D eigenvalue weighted by atomic mass is 10.2. The van der Waals surface area contributed by atoms with Gasteiger partial charge in [-0.1, -0.05) is 23.4 Å². The Morgan fingerprint density at radius 2 is 1.68 bits per heavy atom. The summed E-state index contributed by atoms with van der Waals surface area (Å²) in [5.41, 5.74) is 7.79. The third kappa shape index (κ3) is 4.47. The van der Waals surface area contributed by atoms with Gasteiger partial charge in [0.05, 0.1) is 0 Å². The van der Waals surface area contributed by atoms with E-state index in [9.17, 15) is 9.90 Å². The van der Waals surface area contributed by atoms with Crippen molar-refractivity contribution in [3.8, 4) is 5.75 Å². The molecule has 3 aromatic carbocycles. The van der Waals surface area contributed by atoms with Crippen LogP contribution in [0.2, 0.25) is 5.02 Å². The van der Waals surface area contributed by atoms with Crippen LogP contribution in [0.3, 0.4) is 0 Å². The van der Waals surface area contributed by atoms with Crippen LogP contribution >= 0.6 is 23.4 Å². The van der Waals surface area contributed by atoms with Crippen LogP contribution in [0.1, 0.15) is 10.4 Å². The van der Waals surface area contributed by atoms with Crippen molar-refractivity contribution in [3.05, 3.63) is 77.3 Å². The predicted octanol–water partition coefficient (Wildman–Crippen LogP) is 5.03. The van der Waals surface area contributed by atoms with Gasteiger partial charge in [-0.2, -0.15) is 0 Å². The van der Waals surface area contributed by atoms with Gasteiger partial charge in [0.25, 0.3) is 5.91 Å². The first kappa shape index (κ1) is 17.2. The van der Waals surface area contributed by atoms with Gasteiger partial charge in [0.2, 0.25) is 0 Å². The molecule has 6 heteroatoms. The third-order valence-corrected chi connectivity index (χ3v) is 4.79. The zero-order valence-electron chi connectivity index (χ0n) is 13.1. The molecular weight excluding hydrogens is 356 g/mol. The SMILES string of the molecule is Nc1cc(NC(=O)c2ccc(Cl)cc2)ccc1Sc1ccc(O)cc1. The zero-order valence-corrected chi connectivity index (χ0v) is 14.6. The van der Waals surface area contributed by atoms with Gasteiger partial charge in [-0.25, -0.2) is 0 Å². The number of benzene rings is 3. The number of nitrogens with one attached hydrogen (secondary N) is 1. The van der Waals surface area contributed by atoms with Crippen molar-refractivity contribution in [1.82, 2.24) is 0 Å². The summed E-state index contributed by atoms with van der Waals surface area (Å²) >= 11 is 7.31. The average Bonchev–Trinajstić information content (AvgIpc) is 2.60. The van der Waals surface area contributed by atoms with Gasteiger partial charge in [-0.3, -0.25) is 4.79 Å². The van der Waals surface area contributed by atoms with Crippen molar-refractivity contribution in [2.24, 2.45) is 0 Å². The minimum Gasteiger partial charge on any atom is -0.508 e. The van der Waals surface area contributed by atoms with Gasteiger partial charge < -0.3 is 16.2 Å². The molecule has 0 heterocycles. The van der Waals surface area contributed by atoms with E-state index < -0.39 is 0 Å². The molecule has 0 aliphatic rings. The summed E-state index contributed by atoms with van der Waals surface area (Å²) in [6, 6.07) is 18.9. The molecule has 3 rings (SSSR count). The molecule has 0 atom stereocenters. The van der Waals surface area contributed by atoms with Crippen molar-refractivity contribution in [3.63, 3.8) is 0 Å². The second-order valence-electron chi connectivity index (χ2n) is 5.31. The number of carbonyl (C=O) groups excluding carboxylic acids is 1. The number of hydrogen-bond donors (Lipinski definition) is 3. The van der Waals surface area contributed by atoms with E-state index in [1.54, 1.807) is 48.5 Å². The van der Waals surface area contributed by atoms with E-state index in [0.717, 1.165) is 9.79 Å². The lowest BCUT2D eigenvalue weighted by Crippen LogP contribution is -2.11. The molecule has 4 nitrogen and oxygen atoms in total. The molecule has 3 aromatic rings. The van der Waals surface area contributed by atoms with Crippen LogP contribution < -0.4 is 11.1 Å². The van der Waals surface area contributed by atoms with E-state index in [1.165, 1.54) is 11.8 Å². The van der Waals surface area contributed by atoms with E-state index in [1.807, 2.05) is 18.2 Å². The smallest absolute Gasteiger partial charge is 0.255 e. The fourth-order valence-electron chi connectivity index (χ4n) is 2.16. The lowest BCUT2D eigenvalue weighted by Gasteiger charge is -2.10. The fourth-order valence-corrected chi connectivity index (χ4v) is 3.13. The molecule has 0 aliphatic heterocycles. The minimum absolute atomic E-state index is 0.220. The van der Waals surface area contributed by atoms with Crippen molar-refractivity contribution >= 4 is 40.6 Å². The first-order valence-electron chi connectivity index (χ1n) is 7.44. The third-order valence-electron chi connectivity index (χ3n) is 3.44. The largest absolute Gasteiger partial charge is 0.508 e. The Morgan fingerprint density at radius 1 is 1.00 bits per heavy atom. The van der Waals surface area contributed by atoms with Gasteiger partial charge in [-0.05, 0) is 66.7 Å². The molecule has 0 unspecified atom stereocenters. The highest BCUT2D eigenvalue weighted by molar-refractivity contribution is 7.99. The molecule has 0 spiro atoms. The van der Waals surface area contributed by atoms with Crippen LogP contribution in [0, 0.1) is 0 Å². The van der Waals surface area contributed by atoms with Crippen LogP contribution in [0.5, 0.6) is 5.75 Å². The number of rotatable bonds is 4. The second kappa shape index (κ2) is 7.51. The van der Waals surface area contributed by atoms with Gasteiger partial charge in [0, 0.05) is 31.8 Å². The van der Waals surface area contributed by atoms with E-state index in [-0.39, 0.29) is 11.7 Å². The van der Waals surface area contributed by atoms with Gasteiger partial charge in [0.15, 0.2) is 0 Å². The standard InChI is InChI=1S/C19H15ClN2O2S/c20-13-3-1-12(2-4-13)19(24)22-14-5-10-18(17(21)11-14)25-16-8-6-15(23)7-9-16/h1-11,23H,21H2,(H,22,24). The summed E-state index contributed by atoms with van der Waals surface area (Å²) in [6.45, 7) is 0. The number of amides is 1. The number of carbonyl (C=O) groups is 1. The van der Waals surface area contributed by atoms with Crippen LogP contribution in [-0.4, -0.2) is 11.0 Å². The molecule has 0 fully saturated rings. The molecule has 0 saturated heterocycles. The highest BCUT2D eigenvalue weighted by Gasteiger charge is 2.08. The Hall–Kier alpha value is -2.63. The quantitative estimate of drug-likeness (QED) is 0.563. The second-order valence-corrected chi connectivity index (χ2v) is 6.86. The van der Waals surface area contributed by atoms with Gasteiger partial charge >= 0.3 is 0 Å². The number of anilines is 2. The first-order chi connectivity index (χ1) is 12.0. The lowest BCUT2D eigenvalue weighted by molar-refractivity contribution is 0.102. The topological polar surface area (TPSA) is 75.3 Å². The number of halogens is 1. The summed E-state index contributed by atoms with van der Waals surface area (Å²) in [5, 5.41) is 12.7. The zero-order chi connectivity index (χ0) is 17.8. The first-order valence-corrected chi connectivity index (χ1v) is 8.64. The maximum absolute atomic E-state index is 12.2. The summed E-state index contributed by atoms with van der Waals surface area (Å²) in [6.07, 6.45) is 0. The number of nitrogen functional groups attached to an aromatic ring is 1. The van der Waals surface area contributed by atoms with Crippen molar-refractivity contribution in [1.29, 1.82) is 0 Å². The fraction of sp³-hybridized carbons (Fsp3) is 0. The van der Waals surface area contributed by atoms with E-state index in [0.29, 0.717) is 22.0 Å². The Balaban J connectivity index is 1.72. The van der Waals surface area contributed by atoms with Crippen LogP contribution in [0.15, 0.2) is 76.5 Å². The minimum atomic E-state index is -0.227. The van der Waals surface area contributed by atoms with Crippen LogP contribution in [0.25, 0.3) is 0 Å². The summed E-state index contributed by atoms with van der Waals surface area (Å²) in [7, 11) is 0. The van der Waals surface area contributed by atoms with E-state index >= 15 is 0 Å². The van der Waals surface area contributed by atoms with Crippen LogP contribution in [-0.2, 0) is 0 Å². The Morgan fingerprint density at radius 3 is 2.32 bits per heavy atom. The Kier molecular flexibility index (Phi) is 5.16. The molecule has 126 valence electrons. The summed E-state index contributed by atoms with van der Waals surface area (Å²) in [5.74, 6) is -0.00686.